The van der Waals surface area contributed by atoms with Gasteiger partial charge in [0.1, 0.15) is 10.6 Å². The number of piperazine rings is 1. The fraction of sp³-hybridized carbons (Fsp3) is 0.467. The molecule has 1 aliphatic heterocycles. The van der Waals surface area contributed by atoms with E-state index in [0.29, 0.717) is 5.69 Å². The van der Waals surface area contributed by atoms with Crippen LogP contribution in [-0.4, -0.2) is 80.3 Å². The molecule has 11 nitrogen and oxygen atoms in total. The Morgan fingerprint density at radius 2 is 1.89 bits per heavy atom. The second-order valence-corrected chi connectivity index (χ2v) is 8.07. The molecule has 12 heteroatoms. The van der Waals surface area contributed by atoms with E-state index in [9.17, 15) is 18.0 Å². The molecule has 0 aromatic carbocycles. The minimum absolute atomic E-state index is 0.0960. The van der Waals surface area contributed by atoms with Crippen molar-refractivity contribution in [3.63, 3.8) is 0 Å². The van der Waals surface area contributed by atoms with E-state index in [1.807, 2.05) is 0 Å². The number of carboxylic acids is 1. The highest BCUT2D eigenvalue weighted by molar-refractivity contribution is 7.89. The molecule has 0 saturated carbocycles. The molecule has 3 rings (SSSR count). The number of hydrogen-bond acceptors (Lipinski definition) is 6. The van der Waals surface area contributed by atoms with E-state index in [1.165, 1.54) is 38.3 Å². The topological polar surface area (TPSA) is 131 Å². The van der Waals surface area contributed by atoms with E-state index >= 15 is 0 Å². The number of rotatable bonds is 6. The molecule has 2 aromatic rings. The summed E-state index contributed by atoms with van der Waals surface area (Å²) in [5.41, 5.74) is 0.291. The maximum absolute atomic E-state index is 12.7. The third-order valence-corrected chi connectivity index (χ3v) is 6.17. The molecule has 1 saturated heterocycles. The number of aliphatic carboxylic acids is 1. The number of carbonyl (C=O) groups is 2. The van der Waals surface area contributed by atoms with Crippen LogP contribution in [0.4, 0.5) is 0 Å². The number of hydrogen-bond donors (Lipinski definition) is 1. The molecule has 1 N–H and O–H groups in total. The minimum atomic E-state index is -3.64. The van der Waals surface area contributed by atoms with Crippen LogP contribution >= 0.6 is 0 Å². The Morgan fingerprint density at radius 3 is 2.48 bits per heavy atom. The highest BCUT2D eigenvalue weighted by atomic mass is 32.2. The third-order valence-electron chi connectivity index (χ3n) is 4.32. The Hall–Kier alpha value is -2.73. The van der Waals surface area contributed by atoms with Gasteiger partial charge in [-0.3, -0.25) is 19.0 Å². The fourth-order valence-electron chi connectivity index (χ4n) is 2.87. The maximum Gasteiger partial charge on any atom is 0.305 e. The van der Waals surface area contributed by atoms with Gasteiger partial charge in [0.25, 0.3) is 5.91 Å². The molecule has 27 heavy (non-hydrogen) atoms. The van der Waals surface area contributed by atoms with Crippen LogP contribution in [0.25, 0.3) is 0 Å². The quantitative estimate of drug-likeness (QED) is 0.679. The first-order valence-electron chi connectivity index (χ1n) is 8.30. The largest absolute Gasteiger partial charge is 0.481 e. The van der Waals surface area contributed by atoms with Crippen molar-refractivity contribution in [2.24, 2.45) is 7.05 Å². The van der Waals surface area contributed by atoms with Crippen LogP contribution in [0, 0.1) is 0 Å². The van der Waals surface area contributed by atoms with Gasteiger partial charge in [-0.1, -0.05) is 0 Å². The van der Waals surface area contributed by atoms with E-state index < -0.39 is 16.0 Å². The molecule has 3 heterocycles. The van der Waals surface area contributed by atoms with Crippen LogP contribution in [0.3, 0.4) is 0 Å². The Balaban J connectivity index is 1.65. The third kappa shape index (κ3) is 4.01. The van der Waals surface area contributed by atoms with Crippen molar-refractivity contribution >= 4 is 21.9 Å². The monoisotopic (exact) mass is 396 g/mol. The Labute approximate surface area is 155 Å². The van der Waals surface area contributed by atoms with E-state index in [2.05, 4.69) is 10.2 Å². The van der Waals surface area contributed by atoms with E-state index in [4.69, 9.17) is 5.11 Å². The molecule has 2 aromatic heterocycles. The van der Waals surface area contributed by atoms with Gasteiger partial charge in [-0.15, -0.1) is 0 Å². The Morgan fingerprint density at radius 1 is 1.19 bits per heavy atom. The van der Waals surface area contributed by atoms with Crippen molar-refractivity contribution in [2.45, 2.75) is 17.9 Å². The van der Waals surface area contributed by atoms with Crippen LogP contribution in [0.15, 0.2) is 29.6 Å². The summed E-state index contributed by atoms with van der Waals surface area (Å²) < 4.78 is 29.3. The molecule has 1 fully saturated rings. The lowest BCUT2D eigenvalue weighted by Gasteiger charge is -2.33. The normalized spacial score (nSPS) is 15.8. The first-order chi connectivity index (χ1) is 12.8. The van der Waals surface area contributed by atoms with Gasteiger partial charge in [-0.25, -0.2) is 8.42 Å². The van der Waals surface area contributed by atoms with Crippen molar-refractivity contribution in [1.29, 1.82) is 0 Å². The van der Waals surface area contributed by atoms with Gasteiger partial charge in [0, 0.05) is 45.6 Å². The van der Waals surface area contributed by atoms with Crippen LogP contribution in [-0.2, 0) is 28.4 Å². The molecule has 1 amide bonds. The smallest absolute Gasteiger partial charge is 0.305 e. The summed E-state index contributed by atoms with van der Waals surface area (Å²) >= 11 is 0. The predicted molar refractivity (Wildman–Crippen MR) is 92.4 cm³/mol. The van der Waals surface area contributed by atoms with Crippen molar-refractivity contribution in [1.82, 2.24) is 28.8 Å². The number of amides is 1. The molecular weight excluding hydrogens is 376 g/mol. The standard InChI is InChI=1S/C15H20N6O5S/c1-18-11-12(10-17-18)27(25,26)20-8-6-19(7-9-20)15(24)13-2-4-16-21(13)5-3-14(22)23/h2,4,10-11H,3,5-9H2,1H3,(H,22,23). The Bertz CT molecular complexity index is 942. The van der Waals surface area contributed by atoms with Gasteiger partial charge in [0.2, 0.25) is 10.0 Å². The zero-order valence-corrected chi connectivity index (χ0v) is 15.5. The number of sulfonamides is 1. The molecule has 0 spiro atoms. The van der Waals surface area contributed by atoms with Crippen molar-refractivity contribution in [2.75, 3.05) is 26.2 Å². The van der Waals surface area contributed by atoms with Gasteiger partial charge >= 0.3 is 5.97 Å². The van der Waals surface area contributed by atoms with Gasteiger partial charge in [-0.2, -0.15) is 14.5 Å². The molecule has 0 unspecified atom stereocenters. The van der Waals surface area contributed by atoms with Gasteiger partial charge < -0.3 is 10.0 Å². The van der Waals surface area contributed by atoms with Gasteiger partial charge in [0.05, 0.1) is 19.2 Å². The van der Waals surface area contributed by atoms with Crippen LogP contribution in [0.2, 0.25) is 0 Å². The summed E-state index contributed by atoms with van der Waals surface area (Å²) in [4.78, 5) is 25.1. The summed E-state index contributed by atoms with van der Waals surface area (Å²) in [6.45, 7) is 0.919. The zero-order valence-electron chi connectivity index (χ0n) is 14.7. The summed E-state index contributed by atoms with van der Waals surface area (Å²) in [6.07, 6.45) is 4.04. The SMILES string of the molecule is Cn1cc(S(=O)(=O)N2CCN(C(=O)c3ccnn3CCC(=O)O)CC2)cn1. The molecule has 1 aliphatic rings. The average molecular weight is 396 g/mol. The lowest BCUT2D eigenvalue weighted by atomic mass is 10.3. The molecular formula is C15H20N6O5S. The molecule has 0 bridgehead atoms. The van der Waals surface area contributed by atoms with Crippen LogP contribution in [0.5, 0.6) is 0 Å². The summed E-state index contributed by atoms with van der Waals surface area (Å²) in [5, 5.41) is 16.7. The van der Waals surface area contributed by atoms with Gasteiger partial charge in [0.15, 0.2) is 0 Å². The molecule has 0 aliphatic carbocycles. The first kappa shape index (κ1) is 19.0. The van der Waals surface area contributed by atoms with Crippen molar-refractivity contribution in [3.8, 4) is 0 Å². The van der Waals surface area contributed by atoms with E-state index in [-0.39, 0.29) is 49.9 Å². The lowest BCUT2D eigenvalue weighted by Crippen LogP contribution is -2.50. The zero-order chi connectivity index (χ0) is 19.6. The van der Waals surface area contributed by atoms with E-state index in [1.54, 1.807) is 11.9 Å². The van der Waals surface area contributed by atoms with Crippen LogP contribution < -0.4 is 0 Å². The Kier molecular flexibility index (Phi) is 5.28. The van der Waals surface area contributed by atoms with Crippen molar-refractivity contribution < 1.29 is 23.1 Å². The van der Waals surface area contributed by atoms with Crippen molar-refractivity contribution in [3.05, 3.63) is 30.4 Å². The number of aromatic nitrogens is 4. The first-order valence-corrected chi connectivity index (χ1v) is 9.75. The molecule has 0 radical (unpaired) electrons. The molecule has 0 atom stereocenters. The highest BCUT2D eigenvalue weighted by Gasteiger charge is 2.32. The average Bonchev–Trinajstić information content (AvgIpc) is 3.28. The summed E-state index contributed by atoms with van der Waals surface area (Å²) in [7, 11) is -2.00. The predicted octanol–water partition coefficient (Wildman–Crippen LogP) is -0.762. The number of carbonyl (C=O) groups excluding carboxylic acids is 1. The number of carboxylic acid groups (broad SMARTS) is 1. The van der Waals surface area contributed by atoms with Crippen LogP contribution in [0.1, 0.15) is 16.9 Å². The highest BCUT2D eigenvalue weighted by Crippen LogP contribution is 2.18. The summed E-state index contributed by atoms with van der Waals surface area (Å²) in [6, 6.07) is 1.53. The van der Waals surface area contributed by atoms with E-state index in [0.717, 1.165) is 0 Å². The number of aryl methyl sites for hydroxylation is 2. The summed E-state index contributed by atoms with van der Waals surface area (Å²) in [5.74, 6) is -1.27. The second-order valence-electron chi connectivity index (χ2n) is 6.13. The maximum atomic E-state index is 12.7. The lowest BCUT2D eigenvalue weighted by molar-refractivity contribution is -0.137. The second kappa shape index (κ2) is 7.48. The minimum Gasteiger partial charge on any atom is -0.481 e. The number of nitrogens with zero attached hydrogens (tertiary/aromatic N) is 6. The molecule has 146 valence electrons. The fourth-order valence-corrected chi connectivity index (χ4v) is 4.28. The van der Waals surface area contributed by atoms with Gasteiger partial charge in [-0.05, 0) is 6.07 Å².